The number of hydrogen-bond acceptors (Lipinski definition) is 14. The molecular formula is C40H50MgO14S2. The standard InChI is InChI=1S/2C20H26O7S.Mg/c2*21-19(26-14-7-3-1-4-8-14)17-12-11-16(28(23,24)25)13-18(17)20(22)27-15-9-5-2-6-10-15;/h2*11-15H,1-10H2,(H,23,24,25);/q;;+2/p-2. The number of ether oxygens (including phenoxy) is 4. The maximum Gasteiger partial charge on any atom is 2.00 e. The van der Waals surface area contributed by atoms with E-state index in [1.807, 2.05) is 0 Å². The first-order valence-electron chi connectivity index (χ1n) is 19.7. The summed E-state index contributed by atoms with van der Waals surface area (Å²) in [6, 6.07) is 6.21. The Morgan fingerprint density at radius 1 is 0.404 bits per heavy atom. The number of carbonyl (C=O) groups excluding carboxylic acids is 4. The van der Waals surface area contributed by atoms with Gasteiger partial charge in [0.05, 0.1) is 32.0 Å². The van der Waals surface area contributed by atoms with Crippen molar-refractivity contribution in [3.05, 3.63) is 58.7 Å². The molecule has 2 aromatic rings. The Kier molecular flexibility index (Phi) is 17.8. The summed E-state index contributed by atoms with van der Waals surface area (Å²) in [5, 5.41) is 0. The van der Waals surface area contributed by atoms with Crippen molar-refractivity contribution in [2.24, 2.45) is 0 Å². The molecule has 4 aliphatic carbocycles. The van der Waals surface area contributed by atoms with Crippen LogP contribution in [0.5, 0.6) is 0 Å². The second-order valence-corrected chi connectivity index (χ2v) is 17.7. The van der Waals surface area contributed by atoms with E-state index in [1.54, 1.807) is 0 Å². The predicted molar refractivity (Wildman–Crippen MR) is 204 cm³/mol. The predicted octanol–water partition coefficient (Wildman–Crippen LogP) is 6.76. The third kappa shape index (κ3) is 14.0. The Morgan fingerprint density at radius 2 is 0.632 bits per heavy atom. The van der Waals surface area contributed by atoms with E-state index in [9.17, 15) is 45.1 Å². The topological polar surface area (TPSA) is 220 Å². The molecule has 2 aromatic carbocycles. The maximum atomic E-state index is 12.7. The van der Waals surface area contributed by atoms with E-state index < -0.39 is 53.9 Å². The SMILES string of the molecule is O=C(OC1CCCCC1)c1ccc(S(=O)(=O)[O-])cc1C(=O)OC1CCCCC1.O=C(OC1CCCCC1)c1ccc(S(=O)(=O)[O-])cc1C(=O)OC1CCCCC1.[Mg+2]. The maximum absolute atomic E-state index is 12.7. The first-order chi connectivity index (χ1) is 26.7. The second-order valence-electron chi connectivity index (χ2n) is 15.0. The van der Waals surface area contributed by atoms with Crippen molar-refractivity contribution < 1.29 is 64.1 Å². The van der Waals surface area contributed by atoms with Gasteiger partial charge in [0.2, 0.25) is 0 Å². The smallest absolute Gasteiger partial charge is 0.744 e. The summed E-state index contributed by atoms with van der Waals surface area (Å²) < 4.78 is 90.2. The largest absolute Gasteiger partial charge is 2.00 e. The van der Waals surface area contributed by atoms with Gasteiger partial charge in [-0.3, -0.25) is 0 Å². The summed E-state index contributed by atoms with van der Waals surface area (Å²) in [7, 11) is -9.54. The molecule has 0 bridgehead atoms. The van der Waals surface area contributed by atoms with Crippen LogP contribution in [0.15, 0.2) is 46.2 Å². The van der Waals surface area contributed by atoms with Crippen molar-refractivity contribution in [2.75, 3.05) is 0 Å². The van der Waals surface area contributed by atoms with Crippen LogP contribution in [-0.2, 0) is 39.2 Å². The number of carbonyl (C=O) groups is 4. The summed E-state index contributed by atoms with van der Waals surface area (Å²) in [5.74, 6) is -2.99. The van der Waals surface area contributed by atoms with Crippen molar-refractivity contribution in [3.8, 4) is 0 Å². The van der Waals surface area contributed by atoms with Crippen LogP contribution in [0.3, 0.4) is 0 Å². The van der Waals surface area contributed by atoms with Crippen molar-refractivity contribution in [3.63, 3.8) is 0 Å². The molecule has 0 atom stereocenters. The van der Waals surface area contributed by atoms with Gasteiger partial charge in [-0.05, 0) is 139 Å². The fraction of sp³-hybridized carbons (Fsp3) is 0.600. The molecule has 0 aliphatic heterocycles. The normalized spacial score (nSPS) is 18.8. The average Bonchev–Trinajstić information content (AvgIpc) is 3.18. The van der Waals surface area contributed by atoms with E-state index in [2.05, 4.69) is 0 Å². The Labute approximate surface area is 350 Å². The van der Waals surface area contributed by atoms with E-state index in [4.69, 9.17) is 18.9 Å². The van der Waals surface area contributed by atoms with Gasteiger partial charge in [0.25, 0.3) is 0 Å². The summed E-state index contributed by atoms with van der Waals surface area (Å²) >= 11 is 0. The van der Waals surface area contributed by atoms with Gasteiger partial charge in [-0.2, -0.15) is 0 Å². The minimum absolute atomic E-state index is 0. The summed E-state index contributed by atoms with van der Waals surface area (Å²) in [6.07, 6.45) is 17.1. The molecule has 6 rings (SSSR count). The van der Waals surface area contributed by atoms with E-state index in [0.717, 1.165) is 165 Å². The summed E-state index contributed by atoms with van der Waals surface area (Å²) in [6.45, 7) is 0. The van der Waals surface area contributed by atoms with Crippen LogP contribution >= 0.6 is 0 Å². The van der Waals surface area contributed by atoms with Gasteiger partial charge in [-0.1, -0.05) is 25.7 Å². The minimum Gasteiger partial charge on any atom is -0.744 e. The van der Waals surface area contributed by atoms with Crippen molar-refractivity contribution in [1.82, 2.24) is 0 Å². The van der Waals surface area contributed by atoms with Crippen molar-refractivity contribution in [1.29, 1.82) is 0 Å². The molecule has 0 radical (unpaired) electrons. The quantitative estimate of drug-likeness (QED) is 0.104. The van der Waals surface area contributed by atoms with Crippen LogP contribution in [0.2, 0.25) is 0 Å². The summed E-state index contributed by atoms with van der Waals surface area (Å²) in [5.41, 5.74) is -0.607. The van der Waals surface area contributed by atoms with Gasteiger partial charge in [0, 0.05) is 0 Å². The number of hydrogen-bond donors (Lipinski definition) is 0. The van der Waals surface area contributed by atoms with Gasteiger partial charge in [0.15, 0.2) is 0 Å². The molecule has 0 heterocycles. The number of rotatable bonds is 10. The molecule has 4 saturated carbocycles. The molecule has 57 heavy (non-hydrogen) atoms. The van der Waals surface area contributed by atoms with E-state index in [-0.39, 0.29) is 69.7 Å². The third-order valence-electron chi connectivity index (χ3n) is 10.7. The van der Waals surface area contributed by atoms with Crippen LogP contribution in [0.25, 0.3) is 0 Å². The van der Waals surface area contributed by atoms with Crippen molar-refractivity contribution in [2.45, 2.75) is 163 Å². The third-order valence-corrected chi connectivity index (χ3v) is 12.4. The van der Waals surface area contributed by atoms with Crippen LogP contribution < -0.4 is 0 Å². The molecule has 0 saturated heterocycles. The molecule has 0 unspecified atom stereocenters. The zero-order valence-corrected chi connectivity index (χ0v) is 35.2. The van der Waals surface area contributed by atoms with Crippen LogP contribution in [0.1, 0.15) is 170 Å². The van der Waals surface area contributed by atoms with Gasteiger partial charge in [0.1, 0.15) is 44.7 Å². The zero-order chi connectivity index (χ0) is 40.3. The van der Waals surface area contributed by atoms with Crippen molar-refractivity contribution >= 4 is 67.2 Å². The molecule has 0 spiro atoms. The first-order valence-corrected chi connectivity index (χ1v) is 22.5. The molecule has 17 heteroatoms. The zero-order valence-electron chi connectivity index (χ0n) is 32.2. The molecule has 0 N–H and O–H groups in total. The van der Waals surface area contributed by atoms with Gasteiger partial charge in [-0.25, -0.2) is 36.0 Å². The number of esters is 4. The van der Waals surface area contributed by atoms with E-state index >= 15 is 0 Å². The van der Waals surface area contributed by atoms with Crippen LogP contribution in [0.4, 0.5) is 0 Å². The molecular weight excluding hydrogens is 793 g/mol. The van der Waals surface area contributed by atoms with Gasteiger partial charge in [-0.15, -0.1) is 0 Å². The molecule has 0 amide bonds. The molecule has 0 aromatic heterocycles. The van der Waals surface area contributed by atoms with E-state index in [0.29, 0.717) is 0 Å². The Bertz CT molecular complexity index is 1780. The van der Waals surface area contributed by atoms with E-state index in [1.165, 1.54) is 0 Å². The average molecular weight is 843 g/mol. The molecule has 4 aliphatic rings. The molecule has 14 nitrogen and oxygen atoms in total. The fourth-order valence-electron chi connectivity index (χ4n) is 7.64. The first kappa shape index (κ1) is 46.6. The van der Waals surface area contributed by atoms with Crippen LogP contribution in [0, 0.1) is 0 Å². The minimum atomic E-state index is -4.77. The molecule has 308 valence electrons. The number of benzene rings is 2. The van der Waals surface area contributed by atoms with Gasteiger partial charge < -0.3 is 28.1 Å². The van der Waals surface area contributed by atoms with Gasteiger partial charge >= 0.3 is 46.9 Å². The Hall–Kier alpha value is -3.09. The van der Waals surface area contributed by atoms with Crippen LogP contribution in [-0.4, -0.2) is 97.3 Å². The Balaban J connectivity index is 0.000000248. The monoisotopic (exact) mass is 842 g/mol. The second kappa shape index (κ2) is 21.8. The Morgan fingerprint density at radius 3 is 0.860 bits per heavy atom. The molecule has 4 fully saturated rings. The summed E-state index contributed by atoms with van der Waals surface area (Å²) in [4.78, 5) is 49.5. The fourth-order valence-corrected chi connectivity index (χ4v) is 8.64.